The Labute approximate surface area is 148 Å². The molecule has 1 aliphatic rings. The molecule has 0 spiro atoms. The molecule has 4 N–H and O–H groups in total. The Hall–Kier alpha value is -2.13. The molecular weight excluding hydrogens is 348 g/mol. The number of nitrogens with zero attached hydrogens (tertiary/aromatic N) is 4. The summed E-state index contributed by atoms with van der Waals surface area (Å²) in [7, 11) is -1.92. The lowest BCUT2D eigenvalue weighted by Crippen LogP contribution is -2.41. The summed E-state index contributed by atoms with van der Waals surface area (Å²) >= 11 is 0. The first kappa shape index (κ1) is 22.9. The lowest BCUT2D eigenvalue weighted by Gasteiger charge is -2.25. The second-order valence-corrected chi connectivity index (χ2v) is 6.40. The number of carbonyl (C=O) groups excluding carboxylic acids is 1. The molecule has 1 fully saturated rings. The highest BCUT2D eigenvalue weighted by Gasteiger charge is 2.30. The van der Waals surface area contributed by atoms with Crippen molar-refractivity contribution in [1.82, 2.24) is 18.9 Å². The minimum Gasteiger partial charge on any atom is -0.383 e. The molecule has 2 rings (SSSR count). The molecule has 0 aliphatic carbocycles. The van der Waals surface area contributed by atoms with Gasteiger partial charge in [0.15, 0.2) is 0 Å². The largest absolute Gasteiger partial charge is 0.383 e. The van der Waals surface area contributed by atoms with Gasteiger partial charge in [-0.3, -0.25) is 9.80 Å². The number of hydrazine groups is 1. The fourth-order valence-corrected chi connectivity index (χ4v) is 3.13. The smallest absolute Gasteiger partial charge is 0.264 e. The highest BCUT2D eigenvalue weighted by atomic mass is 32.2. The lowest BCUT2D eigenvalue weighted by atomic mass is 10.5. The van der Waals surface area contributed by atoms with Crippen LogP contribution in [-0.2, 0) is 26.6 Å². The number of amides is 1. The highest BCUT2D eigenvalue weighted by molar-refractivity contribution is 7.89. The van der Waals surface area contributed by atoms with Crippen molar-refractivity contribution < 1.29 is 17.9 Å². The number of terminal acetylenes is 1. The molecule has 0 saturated carbocycles. The van der Waals surface area contributed by atoms with Crippen LogP contribution in [0.3, 0.4) is 0 Å². The van der Waals surface area contributed by atoms with Crippen molar-refractivity contribution in [2.45, 2.75) is 18.9 Å². The number of aryl methyl sites for hydroxylation is 1. The van der Waals surface area contributed by atoms with E-state index in [4.69, 9.17) is 22.7 Å². The Morgan fingerprint density at radius 1 is 1.44 bits per heavy atom. The van der Waals surface area contributed by atoms with E-state index in [1.165, 1.54) is 15.2 Å². The summed E-state index contributed by atoms with van der Waals surface area (Å²) in [5.74, 6) is 7.25. The van der Waals surface area contributed by atoms with Crippen molar-refractivity contribution in [3.63, 3.8) is 0 Å². The van der Waals surface area contributed by atoms with Crippen LogP contribution in [-0.4, -0.2) is 66.5 Å². The molecule has 1 aromatic rings. The van der Waals surface area contributed by atoms with Crippen LogP contribution in [0.5, 0.6) is 0 Å². The van der Waals surface area contributed by atoms with Crippen LogP contribution in [0.1, 0.15) is 13.8 Å². The van der Waals surface area contributed by atoms with Crippen LogP contribution in [0, 0.1) is 12.3 Å². The Kier molecular flexibility index (Phi) is 10.5. The SMILES string of the molecule is C#CCN(N)C=O.CC.Cn1cnc(S(=O)(=O)N2CCOCC2)c1N. The third-order valence-corrected chi connectivity index (χ3v) is 4.76. The first-order chi connectivity index (χ1) is 11.8. The van der Waals surface area contributed by atoms with E-state index in [9.17, 15) is 13.2 Å². The number of nitrogens with two attached hydrogens (primary N) is 2. The molecule has 0 aromatic carbocycles. The summed E-state index contributed by atoms with van der Waals surface area (Å²) in [4.78, 5) is 13.4. The fraction of sp³-hybridized carbons (Fsp3) is 0.571. The van der Waals surface area contributed by atoms with E-state index in [0.717, 1.165) is 5.01 Å². The maximum absolute atomic E-state index is 12.1. The van der Waals surface area contributed by atoms with E-state index in [2.05, 4.69) is 10.9 Å². The van der Waals surface area contributed by atoms with Crippen molar-refractivity contribution in [2.75, 3.05) is 38.6 Å². The van der Waals surface area contributed by atoms with Gasteiger partial charge in [-0.25, -0.2) is 19.2 Å². The van der Waals surface area contributed by atoms with E-state index in [0.29, 0.717) is 32.7 Å². The quantitative estimate of drug-likeness (QED) is 0.227. The van der Waals surface area contributed by atoms with Gasteiger partial charge in [0.1, 0.15) is 5.82 Å². The average molecular weight is 374 g/mol. The molecule has 0 atom stereocenters. The normalized spacial score (nSPS) is 14.2. The van der Waals surface area contributed by atoms with Crippen LogP contribution < -0.4 is 11.6 Å². The summed E-state index contributed by atoms with van der Waals surface area (Å²) < 4.78 is 32.2. The molecule has 1 amide bonds. The number of sulfonamides is 1. The molecule has 1 aromatic heterocycles. The number of ether oxygens (including phenoxy) is 1. The van der Waals surface area contributed by atoms with E-state index < -0.39 is 10.0 Å². The van der Waals surface area contributed by atoms with Gasteiger partial charge in [-0.1, -0.05) is 19.8 Å². The maximum Gasteiger partial charge on any atom is 0.264 e. The van der Waals surface area contributed by atoms with Crippen LogP contribution in [0.4, 0.5) is 5.82 Å². The third-order valence-electron chi connectivity index (χ3n) is 2.91. The van der Waals surface area contributed by atoms with Gasteiger partial charge in [-0.15, -0.1) is 6.42 Å². The van der Waals surface area contributed by atoms with Gasteiger partial charge in [0.05, 0.1) is 26.1 Å². The van der Waals surface area contributed by atoms with Crippen LogP contribution in [0.25, 0.3) is 0 Å². The fourth-order valence-electron chi connectivity index (χ4n) is 1.67. The summed E-state index contributed by atoms with van der Waals surface area (Å²) in [5.41, 5.74) is 5.66. The zero-order valence-corrected chi connectivity index (χ0v) is 15.6. The van der Waals surface area contributed by atoms with Crippen molar-refractivity contribution in [3.05, 3.63) is 6.33 Å². The number of hydrogen-bond acceptors (Lipinski definition) is 7. The van der Waals surface area contributed by atoms with Gasteiger partial charge in [0.25, 0.3) is 10.0 Å². The highest BCUT2D eigenvalue weighted by Crippen LogP contribution is 2.20. The summed E-state index contributed by atoms with van der Waals surface area (Å²) in [6, 6.07) is 0. The minimum absolute atomic E-state index is 0.0723. The van der Waals surface area contributed by atoms with E-state index >= 15 is 0 Å². The number of aromatic nitrogens is 2. The van der Waals surface area contributed by atoms with Crippen molar-refractivity contribution >= 4 is 22.3 Å². The predicted molar refractivity (Wildman–Crippen MR) is 94.3 cm³/mol. The molecular formula is C14H26N6O4S. The zero-order chi connectivity index (χ0) is 19.5. The minimum atomic E-state index is -3.58. The van der Waals surface area contributed by atoms with E-state index in [1.54, 1.807) is 7.05 Å². The first-order valence-electron chi connectivity index (χ1n) is 7.59. The summed E-state index contributed by atoms with van der Waals surface area (Å²) in [6.45, 7) is 5.68. The summed E-state index contributed by atoms with van der Waals surface area (Å²) in [6.07, 6.45) is 6.64. The van der Waals surface area contributed by atoms with Gasteiger partial charge < -0.3 is 15.0 Å². The molecule has 1 saturated heterocycles. The average Bonchev–Trinajstić information content (AvgIpc) is 2.98. The summed E-state index contributed by atoms with van der Waals surface area (Å²) in [5, 5.41) is 0.817. The second kappa shape index (κ2) is 11.4. The van der Waals surface area contributed by atoms with Gasteiger partial charge in [-0.2, -0.15) is 4.31 Å². The molecule has 25 heavy (non-hydrogen) atoms. The van der Waals surface area contributed by atoms with Crippen LogP contribution in [0.15, 0.2) is 11.4 Å². The number of anilines is 1. The molecule has 10 nitrogen and oxygen atoms in total. The van der Waals surface area contributed by atoms with Crippen LogP contribution >= 0.6 is 0 Å². The Morgan fingerprint density at radius 2 is 2.00 bits per heavy atom. The second-order valence-electron chi connectivity index (χ2n) is 4.54. The molecule has 0 bridgehead atoms. The standard InChI is InChI=1S/C8H14N4O3S.C4H6N2O.C2H6/c1-11-6-10-8(7(11)9)16(13,14)12-2-4-15-5-3-12;1-2-3-6(5)4-7;1-2/h6H,2-5,9H2,1H3;1,4H,3,5H2;1-2H3. The Balaban J connectivity index is 0.000000544. The van der Waals surface area contributed by atoms with E-state index in [-0.39, 0.29) is 17.4 Å². The van der Waals surface area contributed by atoms with Gasteiger partial charge in [-0.05, 0) is 0 Å². The van der Waals surface area contributed by atoms with Gasteiger partial charge in [0, 0.05) is 20.1 Å². The van der Waals surface area contributed by atoms with Crippen LogP contribution in [0.2, 0.25) is 0 Å². The number of morpholine rings is 1. The number of rotatable bonds is 4. The van der Waals surface area contributed by atoms with Crippen molar-refractivity contribution in [3.8, 4) is 12.3 Å². The maximum atomic E-state index is 12.1. The molecule has 11 heteroatoms. The van der Waals surface area contributed by atoms with Gasteiger partial charge in [0.2, 0.25) is 11.4 Å². The molecule has 2 heterocycles. The molecule has 0 unspecified atom stereocenters. The third kappa shape index (κ3) is 6.71. The molecule has 0 radical (unpaired) electrons. The first-order valence-corrected chi connectivity index (χ1v) is 9.03. The van der Waals surface area contributed by atoms with Crippen molar-refractivity contribution in [1.29, 1.82) is 0 Å². The van der Waals surface area contributed by atoms with Crippen molar-refractivity contribution in [2.24, 2.45) is 12.9 Å². The number of carbonyl (C=O) groups is 1. The Bertz CT molecular complexity index is 661. The van der Waals surface area contributed by atoms with E-state index in [1.807, 2.05) is 13.8 Å². The number of hydrogen-bond donors (Lipinski definition) is 2. The topological polar surface area (TPSA) is 137 Å². The predicted octanol–water partition coefficient (Wildman–Crippen LogP) is -0.999. The zero-order valence-electron chi connectivity index (χ0n) is 14.8. The van der Waals surface area contributed by atoms with Gasteiger partial charge >= 0.3 is 0 Å². The Morgan fingerprint density at radius 3 is 2.36 bits per heavy atom. The molecule has 142 valence electrons. The number of imidazole rings is 1. The monoisotopic (exact) mass is 374 g/mol. The number of nitrogen functional groups attached to an aromatic ring is 1. The molecule has 1 aliphatic heterocycles. The lowest BCUT2D eigenvalue weighted by molar-refractivity contribution is -0.117.